The Morgan fingerprint density at radius 2 is 1.59 bits per heavy atom. The van der Waals surface area contributed by atoms with Crippen molar-refractivity contribution in [2.75, 3.05) is 5.75 Å². The van der Waals surface area contributed by atoms with Crippen LogP contribution in [0.15, 0.2) is 54.6 Å². The molecule has 0 radical (unpaired) electrons. The Labute approximate surface area is 135 Å². The summed E-state index contributed by atoms with van der Waals surface area (Å²) in [6.07, 6.45) is -1.42. The van der Waals surface area contributed by atoms with Gasteiger partial charge in [-0.25, -0.2) is 0 Å². The first-order valence-electron chi connectivity index (χ1n) is 7.23. The molecule has 0 spiro atoms. The molecule has 2 rings (SSSR count). The quantitative estimate of drug-likeness (QED) is 0.857. The number of aliphatic hydroxyl groups excluding tert-OH is 2. The lowest BCUT2D eigenvalue weighted by Crippen LogP contribution is -2.19. The van der Waals surface area contributed by atoms with E-state index in [1.165, 1.54) is 6.92 Å². The monoisotopic (exact) mass is 316 g/mol. The van der Waals surface area contributed by atoms with Crippen LogP contribution in [0, 0.1) is 0 Å². The molecule has 4 heteroatoms. The maximum absolute atomic E-state index is 10.9. The van der Waals surface area contributed by atoms with Crippen molar-refractivity contribution < 1.29 is 15.0 Å². The lowest BCUT2D eigenvalue weighted by molar-refractivity contribution is -0.109. The molecule has 0 aliphatic rings. The molecule has 0 saturated heterocycles. The van der Waals surface area contributed by atoms with Crippen molar-refractivity contribution >= 4 is 16.9 Å². The van der Waals surface area contributed by atoms with Crippen molar-refractivity contribution in [3.05, 3.63) is 60.2 Å². The predicted octanol–water partition coefficient (Wildman–Crippen LogP) is 3.42. The smallest absolute Gasteiger partial charge is 0.185 e. The molecule has 0 aliphatic heterocycles. The molecular formula is C18H20O3S. The van der Waals surface area contributed by atoms with Crippen LogP contribution in [-0.4, -0.2) is 27.2 Å². The van der Waals surface area contributed by atoms with Crippen LogP contribution in [-0.2, 0) is 4.79 Å². The zero-order valence-corrected chi connectivity index (χ0v) is 13.3. The van der Waals surface area contributed by atoms with E-state index in [4.69, 9.17) is 0 Å². The fourth-order valence-corrected chi connectivity index (χ4v) is 2.85. The molecule has 0 heterocycles. The van der Waals surface area contributed by atoms with E-state index in [9.17, 15) is 15.0 Å². The largest absolute Gasteiger partial charge is 0.390 e. The molecule has 2 N–H and O–H groups in total. The number of aliphatic hydroxyl groups is 2. The number of hydrogen-bond donors (Lipinski definition) is 2. The second kappa shape index (κ2) is 8.13. The van der Waals surface area contributed by atoms with Gasteiger partial charge in [0.15, 0.2) is 5.12 Å². The van der Waals surface area contributed by atoms with Crippen LogP contribution in [0.3, 0.4) is 0 Å². The van der Waals surface area contributed by atoms with Gasteiger partial charge < -0.3 is 10.2 Å². The molecule has 0 fully saturated rings. The highest BCUT2D eigenvalue weighted by molar-refractivity contribution is 8.13. The second-order valence-corrected chi connectivity index (χ2v) is 6.40. The summed E-state index contributed by atoms with van der Waals surface area (Å²) < 4.78 is 0. The van der Waals surface area contributed by atoms with E-state index in [2.05, 4.69) is 0 Å². The molecule has 0 aromatic heterocycles. The Morgan fingerprint density at radius 1 is 1.00 bits per heavy atom. The van der Waals surface area contributed by atoms with Gasteiger partial charge in [0.25, 0.3) is 0 Å². The third-order valence-electron chi connectivity index (χ3n) is 3.44. The van der Waals surface area contributed by atoms with Crippen molar-refractivity contribution in [1.29, 1.82) is 0 Å². The topological polar surface area (TPSA) is 57.5 Å². The summed E-state index contributed by atoms with van der Waals surface area (Å²) in [4.78, 5) is 10.9. The van der Waals surface area contributed by atoms with Gasteiger partial charge in [-0.1, -0.05) is 66.4 Å². The van der Waals surface area contributed by atoms with Gasteiger partial charge in [0.1, 0.15) is 6.10 Å². The summed E-state index contributed by atoms with van der Waals surface area (Å²) >= 11 is 1.16. The van der Waals surface area contributed by atoms with Crippen LogP contribution in [0.25, 0.3) is 11.1 Å². The Balaban J connectivity index is 1.99. The lowest BCUT2D eigenvalue weighted by Gasteiger charge is -2.18. The molecular weight excluding hydrogens is 296 g/mol. The van der Waals surface area contributed by atoms with Crippen molar-refractivity contribution in [2.24, 2.45) is 0 Å². The first kappa shape index (κ1) is 16.7. The van der Waals surface area contributed by atoms with Gasteiger partial charge in [-0.15, -0.1) is 0 Å². The summed E-state index contributed by atoms with van der Waals surface area (Å²) in [7, 11) is 0. The lowest BCUT2D eigenvalue weighted by atomic mass is 9.99. The maximum Gasteiger partial charge on any atom is 0.185 e. The number of rotatable bonds is 6. The number of benzene rings is 2. The van der Waals surface area contributed by atoms with Crippen LogP contribution < -0.4 is 0 Å². The maximum atomic E-state index is 10.9. The van der Waals surface area contributed by atoms with Crippen molar-refractivity contribution in [2.45, 2.75) is 25.6 Å². The summed E-state index contributed by atoms with van der Waals surface area (Å²) in [6.45, 7) is 1.50. The third kappa shape index (κ3) is 4.70. The van der Waals surface area contributed by atoms with Crippen molar-refractivity contribution in [1.82, 2.24) is 0 Å². The van der Waals surface area contributed by atoms with E-state index in [0.29, 0.717) is 17.7 Å². The predicted molar refractivity (Wildman–Crippen MR) is 90.6 cm³/mol. The molecule has 22 heavy (non-hydrogen) atoms. The summed E-state index contributed by atoms with van der Waals surface area (Å²) in [5.41, 5.74) is 2.86. The molecule has 2 aromatic rings. The fourth-order valence-electron chi connectivity index (χ4n) is 2.21. The Kier molecular flexibility index (Phi) is 6.19. The van der Waals surface area contributed by atoms with Crippen LogP contribution in [0.5, 0.6) is 0 Å². The SMILES string of the molecule is CC(=O)SCCC(O)C(O)c1ccc(-c2ccccc2)cc1. The average molecular weight is 316 g/mol. The molecule has 0 aliphatic carbocycles. The zero-order valence-electron chi connectivity index (χ0n) is 12.5. The minimum atomic E-state index is -0.933. The van der Waals surface area contributed by atoms with Crippen LogP contribution in [0.1, 0.15) is 25.0 Å². The van der Waals surface area contributed by atoms with Crippen LogP contribution in [0.4, 0.5) is 0 Å². The zero-order chi connectivity index (χ0) is 15.9. The van der Waals surface area contributed by atoms with Crippen LogP contribution in [0.2, 0.25) is 0 Å². The minimum absolute atomic E-state index is 0.0221. The van der Waals surface area contributed by atoms with Gasteiger partial charge in [0.05, 0.1) is 6.10 Å². The molecule has 0 bridgehead atoms. The van der Waals surface area contributed by atoms with Crippen LogP contribution >= 0.6 is 11.8 Å². The van der Waals surface area contributed by atoms with Gasteiger partial charge in [-0.05, 0) is 23.1 Å². The van der Waals surface area contributed by atoms with Gasteiger partial charge >= 0.3 is 0 Å². The minimum Gasteiger partial charge on any atom is -0.390 e. The Morgan fingerprint density at radius 3 is 2.18 bits per heavy atom. The van der Waals surface area contributed by atoms with E-state index in [0.717, 1.165) is 22.9 Å². The highest BCUT2D eigenvalue weighted by atomic mass is 32.2. The van der Waals surface area contributed by atoms with E-state index in [1.54, 1.807) is 0 Å². The fraction of sp³-hybridized carbons (Fsp3) is 0.278. The highest BCUT2D eigenvalue weighted by Gasteiger charge is 2.18. The van der Waals surface area contributed by atoms with Gasteiger partial charge in [-0.2, -0.15) is 0 Å². The molecule has 3 nitrogen and oxygen atoms in total. The molecule has 0 amide bonds. The van der Waals surface area contributed by atoms with Gasteiger partial charge in [0.2, 0.25) is 0 Å². The molecule has 2 unspecified atom stereocenters. The van der Waals surface area contributed by atoms with E-state index in [1.807, 2.05) is 54.6 Å². The Hall–Kier alpha value is -1.62. The molecule has 2 atom stereocenters. The van der Waals surface area contributed by atoms with Crippen molar-refractivity contribution in [3.63, 3.8) is 0 Å². The normalized spacial score (nSPS) is 13.6. The van der Waals surface area contributed by atoms with E-state index in [-0.39, 0.29) is 5.12 Å². The van der Waals surface area contributed by atoms with Crippen molar-refractivity contribution in [3.8, 4) is 11.1 Å². The number of hydrogen-bond acceptors (Lipinski definition) is 4. The number of carbonyl (C=O) groups excluding carboxylic acids is 1. The Bertz CT molecular complexity index is 595. The number of thioether (sulfide) groups is 1. The summed E-state index contributed by atoms with van der Waals surface area (Å²) in [6, 6.07) is 17.5. The first-order valence-corrected chi connectivity index (χ1v) is 8.21. The third-order valence-corrected chi connectivity index (χ3v) is 4.29. The van der Waals surface area contributed by atoms with E-state index < -0.39 is 12.2 Å². The highest BCUT2D eigenvalue weighted by Crippen LogP contribution is 2.24. The second-order valence-electron chi connectivity index (χ2n) is 5.13. The van der Waals surface area contributed by atoms with Gasteiger partial charge in [0, 0.05) is 12.7 Å². The average Bonchev–Trinajstić information content (AvgIpc) is 2.54. The molecule has 116 valence electrons. The first-order chi connectivity index (χ1) is 10.6. The summed E-state index contributed by atoms with van der Waals surface area (Å²) in [5.74, 6) is 0.510. The van der Waals surface area contributed by atoms with E-state index >= 15 is 0 Å². The summed E-state index contributed by atoms with van der Waals surface area (Å²) in [5, 5.41) is 20.2. The number of carbonyl (C=O) groups is 1. The molecule has 0 saturated carbocycles. The standard InChI is InChI=1S/C18H20O3S/c1-13(19)22-12-11-17(20)18(21)16-9-7-15(8-10-16)14-5-3-2-4-6-14/h2-10,17-18,20-21H,11-12H2,1H3. The van der Waals surface area contributed by atoms with Gasteiger partial charge in [-0.3, -0.25) is 4.79 Å². The molecule has 2 aromatic carbocycles.